The molecule has 0 aliphatic carbocycles. The molecule has 0 bridgehead atoms. The lowest BCUT2D eigenvalue weighted by atomic mass is 10.0. The number of nitrogens with one attached hydrogen (secondary N) is 1. The molecule has 0 spiro atoms. The van der Waals surface area contributed by atoms with Crippen LogP contribution in [0, 0.1) is 0 Å². The second kappa shape index (κ2) is 60.6. The first-order valence-corrected chi connectivity index (χ1v) is 36.6. The van der Waals surface area contributed by atoms with Crippen LogP contribution in [0.25, 0.3) is 0 Å². The van der Waals surface area contributed by atoms with Crippen molar-refractivity contribution >= 4 is 19.7 Å². The number of phosphoric ester groups is 1. The van der Waals surface area contributed by atoms with Crippen LogP contribution in [0.3, 0.4) is 0 Å². The minimum absolute atomic E-state index is 0.0177. The van der Waals surface area contributed by atoms with Crippen molar-refractivity contribution in [1.29, 1.82) is 0 Å². The van der Waals surface area contributed by atoms with E-state index in [4.69, 9.17) is 13.8 Å². The Bertz CT molecular complexity index is 1420. The number of ether oxygens (including phenoxy) is 1. The van der Waals surface area contributed by atoms with Crippen LogP contribution in [-0.4, -0.2) is 69.4 Å². The molecule has 0 aliphatic rings. The topological polar surface area (TPSA) is 114 Å². The van der Waals surface area contributed by atoms with Gasteiger partial charge in [-0.1, -0.05) is 315 Å². The number of hydrogen-bond acceptors (Lipinski definition) is 7. The van der Waals surface area contributed by atoms with Crippen molar-refractivity contribution in [2.24, 2.45) is 0 Å². The highest BCUT2D eigenvalue weighted by Crippen LogP contribution is 2.38. The van der Waals surface area contributed by atoms with Crippen molar-refractivity contribution in [3.8, 4) is 0 Å². The maximum absolute atomic E-state index is 13.5. The predicted octanol–water partition coefficient (Wildman–Crippen LogP) is 21.4. The molecule has 0 aliphatic heterocycles. The number of hydrogen-bond donors (Lipinski definition) is 1. The molecule has 1 N–H and O–H groups in total. The Morgan fingerprint density at radius 2 is 0.725 bits per heavy atom. The molecule has 0 radical (unpaired) electrons. The van der Waals surface area contributed by atoms with Crippen molar-refractivity contribution in [3.63, 3.8) is 0 Å². The summed E-state index contributed by atoms with van der Waals surface area (Å²) in [5.74, 6) is -0.518. The lowest BCUT2D eigenvalue weighted by molar-refractivity contribution is -0.870. The molecule has 9 nitrogen and oxygen atoms in total. The zero-order valence-corrected chi connectivity index (χ0v) is 55.2. The number of nitrogens with zero attached hydrogens (tertiary/aromatic N) is 1. The van der Waals surface area contributed by atoms with Gasteiger partial charge in [-0.2, -0.15) is 0 Å². The fourth-order valence-corrected chi connectivity index (χ4v) is 11.4. The molecule has 0 heterocycles. The highest BCUT2D eigenvalue weighted by atomic mass is 31.2. The van der Waals surface area contributed by atoms with Crippen LogP contribution in [0.2, 0.25) is 0 Å². The number of phosphoric acid groups is 1. The van der Waals surface area contributed by atoms with E-state index in [-0.39, 0.29) is 31.5 Å². The van der Waals surface area contributed by atoms with E-state index in [2.05, 4.69) is 38.2 Å². The van der Waals surface area contributed by atoms with Gasteiger partial charge in [0.25, 0.3) is 7.82 Å². The molecule has 3 atom stereocenters. The SMILES string of the molecule is CCCCCCCC/C=C/CCCCCCCCCCCCCCCCCCCC(=O)OC(/C=C\CCCCCCCCCCCC)C(COP(=O)([O-])OCC[N+](C)(C)C)NC(=O)CCCCCCCCCCCCCCCCC. The van der Waals surface area contributed by atoms with Crippen molar-refractivity contribution in [2.75, 3.05) is 40.9 Å². The van der Waals surface area contributed by atoms with Crippen molar-refractivity contribution in [1.82, 2.24) is 5.32 Å². The molecule has 1 amide bonds. The van der Waals surface area contributed by atoms with E-state index in [9.17, 15) is 19.0 Å². The fraction of sp³-hybridized carbons (Fsp3) is 0.914. The number of allylic oxidation sites excluding steroid dienone is 3. The first kappa shape index (κ1) is 78.5. The van der Waals surface area contributed by atoms with E-state index in [1.807, 2.05) is 33.3 Å². The van der Waals surface area contributed by atoms with Gasteiger partial charge in [-0.05, 0) is 57.4 Å². The molecule has 0 saturated heterocycles. The summed E-state index contributed by atoms with van der Waals surface area (Å²) in [6, 6.07) is -0.881. The van der Waals surface area contributed by atoms with E-state index >= 15 is 0 Å². The Morgan fingerprint density at radius 3 is 1.06 bits per heavy atom. The van der Waals surface area contributed by atoms with E-state index in [0.717, 1.165) is 57.8 Å². The molecular weight excluding hydrogens is 1010 g/mol. The smallest absolute Gasteiger partial charge is 0.306 e. The minimum atomic E-state index is -4.69. The third-order valence-corrected chi connectivity index (χ3v) is 17.1. The number of rotatable bonds is 65. The molecule has 3 unspecified atom stereocenters. The van der Waals surface area contributed by atoms with E-state index in [1.54, 1.807) is 0 Å². The Morgan fingerprint density at radius 1 is 0.425 bits per heavy atom. The summed E-state index contributed by atoms with van der Waals surface area (Å²) < 4.78 is 30.4. The summed E-state index contributed by atoms with van der Waals surface area (Å²) in [6.45, 7) is 6.90. The highest BCUT2D eigenvalue weighted by Gasteiger charge is 2.27. The summed E-state index contributed by atoms with van der Waals surface area (Å²) in [5.41, 5.74) is 0. The normalized spacial score (nSPS) is 13.6. The molecule has 0 rings (SSSR count). The average Bonchev–Trinajstić information content (AvgIpc) is 3.43. The molecule has 0 fully saturated rings. The highest BCUT2D eigenvalue weighted by molar-refractivity contribution is 7.45. The maximum Gasteiger partial charge on any atom is 0.306 e. The molecule has 0 aromatic carbocycles. The van der Waals surface area contributed by atoms with Crippen LogP contribution in [0.4, 0.5) is 0 Å². The van der Waals surface area contributed by atoms with E-state index < -0.39 is 20.0 Å². The van der Waals surface area contributed by atoms with Crippen LogP contribution < -0.4 is 10.2 Å². The van der Waals surface area contributed by atoms with Gasteiger partial charge in [0.1, 0.15) is 19.3 Å². The quantitative estimate of drug-likeness (QED) is 0.0212. The van der Waals surface area contributed by atoms with E-state index in [0.29, 0.717) is 17.4 Å². The number of quaternary nitrogens is 1. The third kappa shape index (κ3) is 61.1. The molecular formula is C70H137N2O7P. The van der Waals surface area contributed by atoms with Gasteiger partial charge in [0.05, 0.1) is 33.8 Å². The number of unbranched alkanes of at least 4 members (excludes halogenated alkanes) is 47. The van der Waals surface area contributed by atoms with Crippen molar-refractivity contribution in [3.05, 3.63) is 24.3 Å². The Kier molecular flexibility index (Phi) is 59.5. The predicted molar refractivity (Wildman–Crippen MR) is 344 cm³/mol. The number of carbonyl (C=O) groups is 2. The molecule has 474 valence electrons. The monoisotopic (exact) mass is 1150 g/mol. The van der Waals surface area contributed by atoms with Crippen molar-refractivity contribution < 1.29 is 37.3 Å². The summed E-state index contributed by atoms with van der Waals surface area (Å²) in [5, 5.41) is 3.04. The largest absolute Gasteiger partial charge is 0.756 e. The van der Waals surface area contributed by atoms with E-state index in [1.165, 1.54) is 270 Å². The van der Waals surface area contributed by atoms with Gasteiger partial charge in [-0.25, -0.2) is 0 Å². The van der Waals surface area contributed by atoms with Crippen LogP contribution in [-0.2, 0) is 27.9 Å². The number of esters is 1. The lowest BCUT2D eigenvalue weighted by Gasteiger charge is -2.30. The summed E-state index contributed by atoms with van der Waals surface area (Å²) in [7, 11) is 1.21. The molecule has 0 aromatic rings. The third-order valence-electron chi connectivity index (χ3n) is 16.1. The van der Waals surface area contributed by atoms with Crippen LogP contribution in [0.15, 0.2) is 24.3 Å². The molecule has 0 aromatic heterocycles. The molecule has 80 heavy (non-hydrogen) atoms. The second-order valence-corrected chi connectivity index (χ2v) is 26.8. The first-order valence-electron chi connectivity index (χ1n) is 35.1. The van der Waals surface area contributed by atoms with Gasteiger partial charge in [0.2, 0.25) is 5.91 Å². The lowest BCUT2D eigenvalue weighted by Crippen LogP contribution is -2.47. The van der Waals surface area contributed by atoms with Crippen LogP contribution in [0.1, 0.15) is 361 Å². The van der Waals surface area contributed by atoms with Gasteiger partial charge >= 0.3 is 5.97 Å². The van der Waals surface area contributed by atoms with Crippen LogP contribution in [0.5, 0.6) is 0 Å². The molecule has 0 saturated carbocycles. The van der Waals surface area contributed by atoms with Gasteiger partial charge in [-0.3, -0.25) is 14.2 Å². The second-order valence-electron chi connectivity index (χ2n) is 25.4. The maximum atomic E-state index is 13.5. The molecule has 10 heteroatoms. The van der Waals surface area contributed by atoms with Gasteiger partial charge in [0, 0.05) is 12.8 Å². The van der Waals surface area contributed by atoms with Crippen molar-refractivity contribution in [2.45, 2.75) is 373 Å². The first-order chi connectivity index (χ1) is 38.9. The number of likely N-dealkylation sites (N-methyl/N-ethyl adjacent to an activating group) is 1. The summed E-state index contributed by atoms with van der Waals surface area (Å²) >= 11 is 0. The van der Waals surface area contributed by atoms with Gasteiger partial charge in [-0.15, -0.1) is 0 Å². The average molecular weight is 1150 g/mol. The van der Waals surface area contributed by atoms with Gasteiger partial charge < -0.3 is 28.5 Å². The summed E-state index contributed by atoms with van der Waals surface area (Å²) in [4.78, 5) is 40.1. The fourth-order valence-electron chi connectivity index (χ4n) is 10.7. The number of amides is 1. The minimum Gasteiger partial charge on any atom is -0.756 e. The zero-order chi connectivity index (χ0) is 58.6. The zero-order valence-electron chi connectivity index (χ0n) is 54.3. The number of carbonyl (C=O) groups excluding carboxylic acids is 2. The van der Waals surface area contributed by atoms with Crippen LogP contribution >= 0.6 is 7.82 Å². The Labute approximate surface area is 498 Å². The summed E-state index contributed by atoms with van der Waals surface area (Å²) in [6.07, 6.45) is 73.1. The standard InChI is InChI=1S/C70H137N2O7P/c1-7-10-13-16-19-22-25-28-30-31-32-33-34-35-36-37-38-39-40-41-43-45-48-51-54-57-60-63-70(74)79-68(61-58-55-52-49-46-27-24-21-18-15-12-9-3)67(66-78-80(75,76)77-65-64-72(4,5)6)71-69(73)62-59-56-53-50-47-44-42-29-26-23-20-17-14-11-8-2/h28,30,58,61,67-68H,7-27,29,31-57,59-60,62-66H2,1-6H3,(H-,71,73,75,76)/b30-28+,61-58-. The Hall–Kier alpha value is -1.51. The van der Waals surface area contributed by atoms with Gasteiger partial charge in [0.15, 0.2) is 0 Å². The Balaban J connectivity index is 4.96.